The molecule has 1 aromatic heterocycles. The molecule has 0 amide bonds. The second-order valence-corrected chi connectivity index (χ2v) is 6.43. The maximum atomic E-state index is 10.8. The number of aliphatic carboxylic acids is 1. The smallest absolute Gasteiger partial charge is 0.303 e. The first-order valence-electron chi connectivity index (χ1n) is 7.45. The molecular formula is C15H19N7O2. The van der Waals surface area contributed by atoms with Gasteiger partial charge in [-0.3, -0.25) is 4.79 Å². The third kappa shape index (κ3) is 4.53. The average molecular weight is 329 g/mol. The van der Waals surface area contributed by atoms with Crippen LogP contribution in [0, 0.1) is 0 Å². The Balaban J connectivity index is 2.14. The van der Waals surface area contributed by atoms with Gasteiger partial charge in [-0.2, -0.15) is 4.80 Å². The molecule has 0 fully saturated rings. The maximum Gasteiger partial charge on any atom is 0.303 e. The lowest BCUT2D eigenvalue weighted by Gasteiger charge is -2.15. The minimum atomic E-state index is -0.994. The van der Waals surface area contributed by atoms with E-state index < -0.39 is 12.0 Å². The zero-order valence-electron chi connectivity index (χ0n) is 13.8. The van der Waals surface area contributed by atoms with E-state index in [1.165, 1.54) is 0 Å². The van der Waals surface area contributed by atoms with E-state index in [0.29, 0.717) is 12.2 Å². The second-order valence-electron chi connectivity index (χ2n) is 6.43. The minimum absolute atomic E-state index is 0.201. The van der Waals surface area contributed by atoms with E-state index in [9.17, 15) is 4.79 Å². The number of azide groups is 1. The summed E-state index contributed by atoms with van der Waals surface area (Å²) in [5.41, 5.74) is 9.97. The number of hydrogen-bond acceptors (Lipinski definition) is 5. The van der Waals surface area contributed by atoms with Crippen LogP contribution in [-0.2, 0) is 16.8 Å². The highest BCUT2D eigenvalue weighted by Crippen LogP contribution is 2.18. The summed E-state index contributed by atoms with van der Waals surface area (Å²) in [6.45, 7) is 5.96. The Morgan fingerprint density at radius 1 is 1.38 bits per heavy atom. The number of carbonyl (C=O) groups is 1. The summed E-state index contributed by atoms with van der Waals surface area (Å²) >= 11 is 0. The van der Waals surface area contributed by atoms with Crippen LogP contribution in [0.3, 0.4) is 0 Å². The number of carboxylic acid groups (broad SMARTS) is 1. The summed E-state index contributed by atoms with van der Waals surface area (Å²) in [5, 5.41) is 24.8. The Labute approximate surface area is 138 Å². The molecule has 2 aromatic rings. The summed E-state index contributed by atoms with van der Waals surface area (Å²) in [4.78, 5) is 15.1. The van der Waals surface area contributed by atoms with E-state index in [-0.39, 0.29) is 12.0 Å². The van der Waals surface area contributed by atoms with Gasteiger partial charge in [-0.25, -0.2) is 0 Å². The Hall–Kier alpha value is -2.93. The molecule has 0 unspecified atom stereocenters. The monoisotopic (exact) mass is 329 g/mol. The molecule has 9 heteroatoms. The minimum Gasteiger partial charge on any atom is -0.481 e. The van der Waals surface area contributed by atoms with Crippen molar-refractivity contribution in [3.8, 4) is 11.4 Å². The van der Waals surface area contributed by atoms with Crippen LogP contribution in [0.25, 0.3) is 21.8 Å². The normalized spacial score (nSPS) is 12.5. The Kier molecular flexibility index (Phi) is 5.15. The molecule has 1 N–H and O–H groups in total. The van der Waals surface area contributed by atoms with Gasteiger partial charge in [0.25, 0.3) is 0 Å². The van der Waals surface area contributed by atoms with Crippen LogP contribution in [0.4, 0.5) is 0 Å². The fourth-order valence-corrected chi connectivity index (χ4v) is 2.10. The van der Waals surface area contributed by atoms with Crippen molar-refractivity contribution in [3.63, 3.8) is 0 Å². The van der Waals surface area contributed by atoms with Crippen LogP contribution in [-0.4, -0.2) is 37.3 Å². The number of benzene rings is 1. The molecule has 0 aliphatic heterocycles. The van der Waals surface area contributed by atoms with Crippen LogP contribution in [0.5, 0.6) is 0 Å². The van der Waals surface area contributed by atoms with E-state index >= 15 is 0 Å². The molecule has 0 saturated heterocycles. The van der Waals surface area contributed by atoms with Gasteiger partial charge in [-0.05, 0) is 43.5 Å². The summed E-state index contributed by atoms with van der Waals surface area (Å²) in [6.07, 6.45) is 0.159. The van der Waals surface area contributed by atoms with Crippen molar-refractivity contribution in [2.24, 2.45) is 5.11 Å². The molecule has 0 bridgehead atoms. The van der Waals surface area contributed by atoms with Crippen LogP contribution < -0.4 is 0 Å². The number of hydrogen-bond donors (Lipinski definition) is 1. The number of rotatable bonds is 6. The summed E-state index contributed by atoms with van der Waals surface area (Å²) in [5.74, 6) is -0.472. The van der Waals surface area contributed by atoms with Gasteiger partial charge in [0.2, 0.25) is 5.82 Å². The third-order valence-electron chi connectivity index (χ3n) is 3.32. The predicted octanol–water partition coefficient (Wildman–Crippen LogP) is 2.79. The highest BCUT2D eigenvalue weighted by atomic mass is 16.4. The molecule has 0 spiro atoms. The van der Waals surface area contributed by atoms with Crippen molar-refractivity contribution >= 4 is 5.97 Å². The molecule has 0 saturated carbocycles. The van der Waals surface area contributed by atoms with E-state index in [1.807, 2.05) is 45.0 Å². The molecule has 0 aliphatic rings. The van der Waals surface area contributed by atoms with Gasteiger partial charge in [0.05, 0.1) is 18.0 Å². The van der Waals surface area contributed by atoms with Crippen LogP contribution in [0.1, 0.15) is 32.8 Å². The first kappa shape index (κ1) is 17.4. The van der Waals surface area contributed by atoms with Gasteiger partial charge in [0, 0.05) is 10.5 Å². The average Bonchev–Trinajstić information content (AvgIpc) is 2.97. The van der Waals surface area contributed by atoms with Gasteiger partial charge in [-0.1, -0.05) is 29.4 Å². The van der Waals surface area contributed by atoms with Crippen molar-refractivity contribution in [1.29, 1.82) is 0 Å². The van der Waals surface area contributed by atoms with Gasteiger partial charge >= 0.3 is 5.97 Å². The Morgan fingerprint density at radius 3 is 2.54 bits per heavy atom. The summed E-state index contributed by atoms with van der Waals surface area (Å²) in [6, 6.07) is 6.75. The van der Waals surface area contributed by atoms with Crippen molar-refractivity contribution < 1.29 is 9.90 Å². The molecule has 126 valence electrons. The molecule has 1 atom stereocenters. The second kappa shape index (κ2) is 7.10. The maximum absolute atomic E-state index is 10.8. The van der Waals surface area contributed by atoms with Crippen molar-refractivity contribution in [3.05, 3.63) is 40.3 Å². The van der Waals surface area contributed by atoms with Crippen molar-refractivity contribution in [1.82, 2.24) is 20.2 Å². The van der Waals surface area contributed by atoms with Crippen molar-refractivity contribution in [2.75, 3.05) is 0 Å². The fraction of sp³-hybridized carbons (Fsp3) is 0.467. The van der Waals surface area contributed by atoms with Crippen LogP contribution in [0.15, 0.2) is 29.4 Å². The molecule has 2 rings (SSSR count). The molecule has 24 heavy (non-hydrogen) atoms. The first-order valence-corrected chi connectivity index (χ1v) is 7.45. The lowest BCUT2D eigenvalue weighted by atomic mass is 10.0. The highest BCUT2D eigenvalue weighted by Gasteiger charge is 2.18. The lowest BCUT2D eigenvalue weighted by molar-refractivity contribution is -0.137. The highest BCUT2D eigenvalue weighted by molar-refractivity contribution is 5.67. The van der Waals surface area contributed by atoms with Crippen molar-refractivity contribution in [2.45, 2.75) is 45.2 Å². The molecule has 9 nitrogen and oxygen atoms in total. The van der Waals surface area contributed by atoms with Crippen LogP contribution >= 0.6 is 0 Å². The van der Waals surface area contributed by atoms with Gasteiger partial charge in [0.1, 0.15) is 0 Å². The largest absolute Gasteiger partial charge is 0.481 e. The Bertz CT molecular complexity index is 755. The molecular weight excluding hydrogens is 310 g/mol. The van der Waals surface area contributed by atoms with E-state index in [0.717, 1.165) is 11.1 Å². The first-order chi connectivity index (χ1) is 11.3. The quantitative estimate of drug-likeness (QED) is 0.494. The van der Waals surface area contributed by atoms with Gasteiger partial charge in [0.15, 0.2) is 0 Å². The molecule has 1 aromatic carbocycles. The van der Waals surface area contributed by atoms with E-state index in [2.05, 4.69) is 25.4 Å². The Morgan fingerprint density at radius 2 is 2.04 bits per heavy atom. The topological polar surface area (TPSA) is 130 Å². The van der Waals surface area contributed by atoms with Gasteiger partial charge < -0.3 is 5.11 Å². The van der Waals surface area contributed by atoms with Gasteiger partial charge in [-0.15, -0.1) is 10.2 Å². The zero-order chi connectivity index (χ0) is 17.7. The fourth-order valence-electron chi connectivity index (χ4n) is 2.10. The van der Waals surface area contributed by atoms with Crippen LogP contribution in [0.2, 0.25) is 0 Å². The lowest BCUT2D eigenvalue weighted by Crippen LogP contribution is -2.24. The molecule has 0 radical (unpaired) electrons. The third-order valence-corrected chi connectivity index (χ3v) is 3.32. The zero-order valence-corrected chi connectivity index (χ0v) is 13.8. The number of tetrazole rings is 1. The number of nitrogens with zero attached hydrogens (tertiary/aromatic N) is 7. The number of aromatic nitrogens is 4. The predicted molar refractivity (Wildman–Crippen MR) is 87.1 cm³/mol. The SMILES string of the molecule is CC(C)(C)n1nnc(-c2ccc(C[C@H](CC(=O)O)N=[N+]=[N-])cc2)n1. The summed E-state index contributed by atoms with van der Waals surface area (Å²) < 4.78 is 0. The number of carboxylic acids is 1. The van der Waals surface area contributed by atoms with E-state index in [1.54, 1.807) is 4.80 Å². The standard InChI is InChI=1S/C15H19N7O2/c1-15(2,3)22-19-14(18-21-22)11-6-4-10(5-7-11)8-12(17-20-16)9-13(23)24/h4-7,12H,8-9H2,1-3H3,(H,23,24)/t12-/m1/s1. The molecule has 0 aliphatic carbocycles. The molecule has 1 heterocycles. The summed E-state index contributed by atoms with van der Waals surface area (Å²) in [7, 11) is 0. The van der Waals surface area contributed by atoms with E-state index in [4.69, 9.17) is 10.6 Å².